The third-order valence-corrected chi connectivity index (χ3v) is 1.11. The molecule has 0 aliphatic carbocycles. The second-order valence-corrected chi connectivity index (χ2v) is 1.86. The van der Waals surface area contributed by atoms with E-state index < -0.39 is 5.95 Å². The summed E-state index contributed by atoms with van der Waals surface area (Å²) in [5.41, 5.74) is 0.655. The van der Waals surface area contributed by atoms with Crippen molar-refractivity contribution >= 4 is 6.29 Å². The molecule has 0 saturated carbocycles. The van der Waals surface area contributed by atoms with Crippen molar-refractivity contribution in [1.82, 2.24) is 4.98 Å². The molecule has 0 aromatic carbocycles. The number of hydrogen-bond donors (Lipinski definition) is 0. The quantitative estimate of drug-likeness (QED) is 0.451. The monoisotopic (exact) mass is 139 g/mol. The summed E-state index contributed by atoms with van der Waals surface area (Å²) in [6, 6.07) is 2.85. The van der Waals surface area contributed by atoms with Gasteiger partial charge >= 0.3 is 0 Å². The van der Waals surface area contributed by atoms with Gasteiger partial charge in [0, 0.05) is 12.6 Å². The van der Waals surface area contributed by atoms with Gasteiger partial charge in [0.05, 0.1) is 0 Å². The van der Waals surface area contributed by atoms with Crippen LogP contribution >= 0.6 is 0 Å². The molecule has 1 rings (SSSR count). The SMILES string of the molecule is O=CCc1ccnc(F)c1. The minimum atomic E-state index is -0.542. The molecule has 1 heterocycles. The van der Waals surface area contributed by atoms with E-state index in [9.17, 15) is 9.18 Å². The summed E-state index contributed by atoms with van der Waals surface area (Å²) in [6.07, 6.45) is 2.32. The van der Waals surface area contributed by atoms with Gasteiger partial charge in [0.1, 0.15) is 6.29 Å². The van der Waals surface area contributed by atoms with Crippen LogP contribution in [0.25, 0.3) is 0 Å². The predicted molar refractivity (Wildman–Crippen MR) is 34.0 cm³/mol. The van der Waals surface area contributed by atoms with Crippen molar-refractivity contribution in [2.24, 2.45) is 0 Å². The van der Waals surface area contributed by atoms with Crippen molar-refractivity contribution < 1.29 is 9.18 Å². The lowest BCUT2D eigenvalue weighted by Gasteiger charge is -1.91. The smallest absolute Gasteiger partial charge is 0.213 e. The van der Waals surface area contributed by atoms with Gasteiger partial charge in [-0.3, -0.25) is 0 Å². The van der Waals surface area contributed by atoms with E-state index in [4.69, 9.17) is 0 Å². The van der Waals surface area contributed by atoms with Crippen LogP contribution in [-0.4, -0.2) is 11.3 Å². The summed E-state index contributed by atoms with van der Waals surface area (Å²) in [4.78, 5) is 13.3. The standard InChI is InChI=1S/C7H6FNO/c8-7-5-6(2-4-10)1-3-9-7/h1,3-5H,2H2. The fraction of sp³-hybridized carbons (Fsp3) is 0.143. The van der Waals surface area contributed by atoms with Crippen molar-refractivity contribution in [3.05, 3.63) is 29.8 Å². The normalized spacial score (nSPS) is 9.30. The Balaban J connectivity index is 2.84. The van der Waals surface area contributed by atoms with Crippen molar-refractivity contribution in [3.63, 3.8) is 0 Å². The molecule has 3 heteroatoms. The van der Waals surface area contributed by atoms with Crippen molar-refractivity contribution in [1.29, 1.82) is 0 Å². The first-order chi connectivity index (χ1) is 4.83. The van der Waals surface area contributed by atoms with Gasteiger partial charge in [-0.25, -0.2) is 4.98 Å². The maximum absolute atomic E-state index is 12.3. The summed E-state index contributed by atoms with van der Waals surface area (Å²) in [6.45, 7) is 0. The van der Waals surface area contributed by atoms with Gasteiger partial charge in [0.2, 0.25) is 5.95 Å². The Morgan fingerprint density at radius 1 is 1.70 bits per heavy atom. The number of carbonyl (C=O) groups is 1. The van der Waals surface area contributed by atoms with E-state index in [1.807, 2.05) is 0 Å². The zero-order chi connectivity index (χ0) is 7.40. The number of rotatable bonds is 2. The molecule has 0 N–H and O–H groups in total. The molecule has 0 aliphatic rings. The van der Waals surface area contributed by atoms with E-state index in [0.29, 0.717) is 5.56 Å². The Bertz CT molecular complexity index is 237. The Labute approximate surface area is 57.7 Å². The Morgan fingerprint density at radius 2 is 2.50 bits per heavy atom. The summed E-state index contributed by atoms with van der Waals surface area (Å²) in [5, 5.41) is 0. The molecule has 52 valence electrons. The lowest BCUT2D eigenvalue weighted by molar-refractivity contribution is -0.107. The van der Waals surface area contributed by atoms with Gasteiger partial charge in [-0.05, 0) is 17.7 Å². The van der Waals surface area contributed by atoms with Crippen LogP contribution in [0.1, 0.15) is 5.56 Å². The second kappa shape index (κ2) is 3.06. The molecule has 1 aromatic rings. The molecule has 0 radical (unpaired) electrons. The van der Waals surface area contributed by atoms with Gasteiger partial charge in [-0.2, -0.15) is 4.39 Å². The van der Waals surface area contributed by atoms with E-state index in [1.165, 1.54) is 12.3 Å². The fourth-order valence-electron chi connectivity index (χ4n) is 0.666. The summed E-state index contributed by atoms with van der Waals surface area (Å²) >= 11 is 0. The third-order valence-electron chi connectivity index (χ3n) is 1.11. The number of aldehydes is 1. The molecule has 0 amide bonds. The van der Waals surface area contributed by atoms with E-state index in [2.05, 4.69) is 4.98 Å². The topological polar surface area (TPSA) is 30.0 Å². The highest BCUT2D eigenvalue weighted by Crippen LogP contribution is 1.98. The zero-order valence-electron chi connectivity index (χ0n) is 5.25. The lowest BCUT2D eigenvalue weighted by Crippen LogP contribution is -1.88. The Morgan fingerprint density at radius 3 is 3.10 bits per heavy atom. The molecule has 0 bridgehead atoms. The maximum atomic E-state index is 12.3. The molecule has 0 aliphatic heterocycles. The first-order valence-corrected chi connectivity index (χ1v) is 2.87. The second-order valence-electron chi connectivity index (χ2n) is 1.86. The van der Waals surface area contributed by atoms with Crippen molar-refractivity contribution in [2.45, 2.75) is 6.42 Å². The van der Waals surface area contributed by atoms with E-state index in [0.717, 1.165) is 6.29 Å². The highest BCUT2D eigenvalue weighted by molar-refractivity contribution is 5.54. The first-order valence-electron chi connectivity index (χ1n) is 2.87. The average Bonchev–Trinajstić information content (AvgIpc) is 1.88. The van der Waals surface area contributed by atoms with Gasteiger partial charge < -0.3 is 4.79 Å². The van der Waals surface area contributed by atoms with Crippen molar-refractivity contribution in [3.8, 4) is 0 Å². The molecule has 0 fully saturated rings. The molecule has 0 spiro atoms. The number of nitrogens with zero attached hydrogens (tertiary/aromatic N) is 1. The average molecular weight is 139 g/mol. The van der Waals surface area contributed by atoms with Gasteiger partial charge in [0.25, 0.3) is 0 Å². The van der Waals surface area contributed by atoms with Crippen LogP contribution in [0.4, 0.5) is 4.39 Å². The summed E-state index contributed by atoms with van der Waals surface area (Å²) < 4.78 is 12.3. The molecular formula is C7H6FNO. The van der Waals surface area contributed by atoms with Crippen LogP contribution in [0.3, 0.4) is 0 Å². The van der Waals surface area contributed by atoms with E-state index in [-0.39, 0.29) is 6.42 Å². The number of carbonyl (C=O) groups excluding carboxylic acids is 1. The lowest BCUT2D eigenvalue weighted by atomic mass is 10.2. The predicted octanol–water partition coefficient (Wildman–Crippen LogP) is 0.962. The number of halogens is 1. The maximum Gasteiger partial charge on any atom is 0.213 e. The van der Waals surface area contributed by atoms with Crippen LogP contribution in [0.5, 0.6) is 0 Å². The van der Waals surface area contributed by atoms with Gasteiger partial charge in [-0.15, -0.1) is 0 Å². The highest BCUT2D eigenvalue weighted by Gasteiger charge is 1.92. The highest BCUT2D eigenvalue weighted by atomic mass is 19.1. The number of aromatic nitrogens is 1. The van der Waals surface area contributed by atoms with E-state index in [1.54, 1.807) is 6.07 Å². The van der Waals surface area contributed by atoms with Crippen LogP contribution in [-0.2, 0) is 11.2 Å². The summed E-state index contributed by atoms with van der Waals surface area (Å²) in [7, 11) is 0. The number of hydrogen-bond acceptors (Lipinski definition) is 2. The zero-order valence-corrected chi connectivity index (χ0v) is 5.25. The Hall–Kier alpha value is -1.25. The molecular weight excluding hydrogens is 133 g/mol. The minimum absolute atomic E-state index is 0.249. The molecule has 0 unspecified atom stereocenters. The summed E-state index contributed by atoms with van der Waals surface area (Å²) in [5.74, 6) is -0.542. The molecule has 2 nitrogen and oxygen atoms in total. The third kappa shape index (κ3) is 1.62. The van der Waals surface area contributed by atoms with Crippen LogP contribution in [0.2, 0.25) is 0 Å². The van der Waals surface area contributed by atoms with Crippen LogP contribution < -0.4 is 0 Å². The van der Waals surface area contributed by atoms with E-state index >= 15 is 0 Å². The van der Waals surface area contributed by atoms with Crippen LogP contribution in [0.15, 0.2) is 18.3 Å². The molecule has 10 heavy (non-hydrogen) atoms. The largest absolute Gasteiger partial charge is 0.303 e. The molecule has 0 atom stereocenters. The minimum Gasteiger partial charge on any atom is -0.303 e. The fourth-order valence-corrected chi connectivity index (χ4v) is 0.666. The van der Waals surface area contributed by atoms with Crippen molar-refractivity contribution in [2.75, 3.05) is 0 Å². The first kappa shape index (κ1) is 6.86. The Kier molecular flexibility index (Phi) is 2.10. The van der Waals surface area contributed by atoms with Gasteiger partial charge in [-0.1, -0.05) is 0 Å². The van der Waals surface area contributed by atoms with Crippen LogP contribution in [0, 0.1) is 5.95 Å². The number of pyridine rings is 1. The molecule has 1 aromatic heterocycles. The van der Waals surface area contributed by atoms with Gasteiger partial charge in [0.15, 0.2) is 0 Å². The molecule has 0 saturated heterocycles.